The molecule has 2 N–H and O–H groups in total. The van der Waals surface area contributed by atoms with Gasteiger partial charge in [-0.15, -0.1) is 5.10 Å². The van der Waals surface area contributed by atoms with E-state index in [1.807, 2.05) is 18.5 Å². The van der Waals surface area contributed by atoms with E-state index in [2.05, 4.69) is 20.8 Å². The Morgan fingerprint density at radius 2 is 2.16 bits per heavy atom. The Balaban J connectivity index is 1.80. The first kappa shape index (κ1) is 14.7. The lowest BCUT2D eigenvalue weighted by Crippen LogP contribution is -2.30. The summed E-state index contributed by atoms with van der Waals surface area (Å²) in [4.78, 5) is 0. The maximum absolute atomic E-state index is 10.3. The van der Waals surface area contributed by atoms with E-state index >= 15 is 0 Å². The van der Waals surface area contributed by atoms with Crippen LogP contribution in [0.1, 0.15) is 39.5 Å². The molecule has 0 spiro atoms. The molecule has 0 aliphatic heterocycles. The second kappa shape index (κ2) is 6.67. The summed E-state index contributed by atoms with van der Waals surface area (Å²) in [7, 11) is 0. The van der Waals surface area contributed by atoms with Crippen LogP contribution in [0.15, 0.2) is 5.16 Å². The van der Waals surface area contributed by atoms with Crippen molar-refractivity contribution in [3.05, 3.63) is 0 Å². The third kappa shape index (κ3) is 4.43. The molecule has 1 aromatic rings. The van der Waals surface area contributed by atoms with Gasteiger partial charge >= 0.3 is 0 Å². The summed E-state index contributed by atoms with van der Waals surface area (Å²) in [6.45, 7) is 5.69. The molecule has 1 heterocycles. The molecule has 2 rings (SSSR count). The van der Waals surface area contributed by atoms with Gasteiger partial charge in [-0.2, -0.15) is 0 Å². The zero-order chi connectivity index (χ0) is 13.7. The first-order valence-electron chi connectivity index (χ1n) is 7.01. The van der Waals surface area contributed by atoms with Gasteiger partial charge in [0.25, 0.3) is 0 Å². The Morgan fingerprint density at radius 1 is 1.42 bits per heavy atom. The minimum atomic E-state index is -0.617. The van der Waals surface area contributed by atoms with Crippen molar-refractivity contribution >= 4 is 11.8 Å². The first-order valence-corrected chi connectivity index (χ1v) is 8.00. The van der Waals surface area contributed by atoms with Gasteiger partial charge < -0.3 is 10.4 Å². The van der Waals surface area contributed by atoms with Gasteiger partial charge in [0.05, 0.1) is 12.1 Å². The zero-order valence-corrected chi connectivity index (χ0v) is 12.5. The molecule has 6 nitrogen and oxygen atoms in total. The molecule has 1 aromatic heterocycles. The van der Waals surface area contributed by atoms with E-state index in [-0.39, 0.29) is 0 Å². The van der Waals surface area contributed by atoms with Gasteiger partial charge in [-0.1, -0.05) is 25.6 Å². The topological polar surface area (TPSA) is 75.9 Å². The number of thioether (sulfide) groups is 1. The Morgan fingerprint density at radius 3 is 2.79 bits per heavy atom. The van der Waals surface area contributed by atoms with E-state index in [4.69, 9.17) is 0 Å². The third-order valence-electron chi connectivity index (χ3n) is 3.62. The molecule has 0 radical (unpaired) electrons. The largest absolute Gasteiger partial charge is 0.389 e. The fourth-order valence-electron chi connectivity index (χ4n) is 1.76. The highest BCUT2D eigenvalue weighted by Gasteiger charge is 2.24. The predicted molar refractivity (Wildman–Crippen MR) is 75.1 cm³/mol. The molecule has 1 aliphatic rings. The van der Waals surface area contributed by atoms with Crippen molar-refractivity contribution < 1.29 is 5.11 Å². The lowest BCUT2D eigenvalue weighted by Gasteiger charge is -2.23. The summed E-state index contributed by atoms with van der Waals surface area (Å²) in [6, 6.07) is 0.706. The van der Waals surface area contributed by atoms with Crippen LogP contribution in [0.25, 0.3) is 0 Å². The van der Waals surface area contributed by atoms with Crippen molar-refractivity contribution in [3.8, 4) is 0 Å². The summed E-state index contributed by atoms with van der Waals surface area (Å²) in [5, 5.41) is 26.2. The monoisotopic (exact) mass is 285 g/mol. The number of nitrogens with zero attached hydrogens (tertiary/aromatic N) is 4. The van der Waals surface area contributed by atoms with Gasteiger partial charge in [-0.25, -0.2) is 4.68 Å². The average Bonchev–Trinajstić information content (AvgIpc) is 3.14. The number of aliphatic hydroxyl groups is 1. The van der Waals surface area contributed by atoms with Gasteiger partial charge in [0.2, 0.25) is 5.16 Å². The van der Waals surface area contributed by atoms with Crippen LogP contribution in [0.3, 0.4) is 0 Å². The normalized spacial score (nSPS) is 15.9. The van der Waals surface area contributed by atoms with Crippen LogP contribution in [0.2, 0.25) is 0 Å². The number of tetrazole rings is 1. The molecule has 1 fully saturated rings. The van der Waals surface area contributed by atoms with Crippen molar-refractivity contribution in [1.29, 1.82) is 0 Å². The molecule has 1 saturated carbocycles. The molecule has 0 bridgehead atoms. The molecule has 0 unspecified atom stereocenters. The number of hydrogen-bond donors (Lipinski definition) is 2. The highest BCUT2D eigenvalue weighted by molar-refractivity contribution is 7.99. The van der Waals surface area contributed by atoms with E-state index in [1.54, 1.807) is 0 Å². The van der Waals surface area contributed by atoms with Crippen molar-refractivity contribution in [3.63, 3.8) is 0 Å². The van der Waals surface area contributed by atoms with E-state index in [0.29, 0.717) is 11.8 Å². The van der Waals surface area contributed by atoms with Gasteiger partial charge in [-0.3, -0.25) is 0 Å². The van der Waals surface area contributed by atoms with Crippen LogP contribution in [-0.4, -0.2) is 49.3 Å². The smallest absolute Gasteiger partial charge is 0.209 e. The van der Waals surface area contributed by atoms with E-state index in [9.17, 15) is 5.11 Å². The standard InChI is InChI=1S/C12H23N5OS/c1-3-12(18,4-2)9-19-11-14-15-16-17(11)8-7-13-10-5-6-10/h10,13,18H,3-9H2,1-2H3. The van der Waals surface area contributed by atoms with Crippen molar-refractivity contribution in [2.24, 2.45) is 0 Å². The quantitative estimate of drug-likeness (QED) is 0.661. The average molecular weight is 285 g/mol. The minimum Gasteiger partial charge on any atom is -0.389 e. The molecule has 1 aliphatic carbocycles. The Hall–Kier alpha value is -0.660. The lowest BCUT2D eigenvalue weighted by atomic mass is 10.0. The number of nitrogens with one attached hydrogen (secondary N) is 1. The lowest BCUT2D eigenvalue weighted by molar-refractivity contribution is 0.0571. The summed E-state index contributed by atoms with van der Waals surface area (Å²) in [6.07, 6.45) is 4.08. The van der Waals surface area contributed by atoms with Crippen LogP contribution in [0, 0.1) is 0 Å². The van der Waals surface area contributed by atoms with E-state index < -0.39 is 5.60 Å². The molecule has 7 heteroatoms. The molecule has 19 heavy (non-hydrogen) atoms. The summed E-state index contributed by atoms with van der Waals surface area (Å²) >= 11 is 1.53. The molecule has 0 aromatic carbocycles. The zero-order valence-electron chi connectivity index (χ0n) is 11.7. The number of hydrogen-bond acceptors (Lipinski definition) is 6. The number of rotatable bonds is 9. The van der Waals surface area contributed by atoms with Crippen LogP contribution in [0.5, 0.6) is 0 Å². The predicted octanol–water partition coefficient (Wildman–Crippen LogP) is 1.07. The van der Waals surface area contributed by atoms with Crippen LogP contribution >= 0.6 is 11.8 Å². The van der Waals surface area contributed by atoms with Gasteiger partial charge in [0.15, 0.2) is 0 Å². The first-order chi connectivity index (χ1) is 9.17. The summed E-state index contributed by atoms with van der Waals surface area (Å²) in [5.41, 5.74) is -0.617. The molecular formula is C12H23N5OS. The highest BCUT2D eigenvalue weighted by Crippen LogP contribution is 2.25. The highest BCUT2D eigenvalue weighted by atomic mass is 32.2. The molecular weight excluding hydrogens is 262 g/mol. The fraction of sp³-hybridized carbons (Fsp3) is 0.917. The molecule has 108 valence electrons. The van der Waals surface area contributed by atoms with Gasteiger partial charge in [0.1, 0.15) is 0 Å². The van der Waals surface area contributed by atoms with Gasteiger partial charge in [-0.05, 0) is 36.1 Å². The molecule has 0 saturated heterocycles. The van der Waals surface area contributed by atoms with Crippen LogP contribution < -0.4 is 5.32 Å². The Bertz CT molecular complexity index is 389. The van der Waals surface area contributed by atoms with E-state index in [1.165, 1.54) is 24.6 Å². The summed E-state index contributed by atoms with van der Waals surface area (Å²) < 4.78 is 1.81. The minimum absolute atomic E-state index is 0.617. The fourth-order valence-corrected chi connectivity index (χ4v) is 2.93. The Kier molecular flexibility index (Phi) is 5.18. The van der Waals surface area contributed by atoms with Crippen molar-refractivity contribution in [2.45, 2.75) is 62.9 Å². The molecule has 0 amide bonds. The van der Waals surface area contributed by atoms with Crippen molar-refractivity contribution in [2.75, 3.05) is 12.3 Å². The van der Waals surface area contributed by atoms with Crippen molar-refractivity contribution in [1.82, 2.24) is 25.5 Å². The molecule has 0 atom stereocenters. The van der Waals surface area contributed by atoms with Crippen LogP contribution in [-0.2, 0) is 6.54 Å². The van der Waals surface area contributed by atoms with E-state index in [0.717, 1.165) is 31.1 Å². The SMILES string of the molecule is CCC(O)(CC)CSc1nnnn1CCNC1CC1. The second-order valence-corrected chi connectivity index (χ2v) is 6.08. The third-order valence-corrected chi connectivity index (χ3v) is 4.85. The van der Waals surface area contributed by atoms with Gasteiger partial charge in [0, 0.05) is 18.3 Å². The maximum Gasteiger partial charge on any atom is 0.209 e. The van der Waals surface area contributed by atoms with Crippen LogP contribution in [0.4, 0.5) is 0 Å². The second-order valence-electron chi connectivity index (χ2n) is 5.13. The summed E-state index contributed by atoms with van der Waals surface area (Å²) in [5.74, 6) is 0.635. The number of aromatic nitrogens is 4. The Labute approximate surface area is 118 Å². The maximum atomic E-state index is 10.3.